The number of hydrogen-bond donors (Lipinski definition) is 2. The Morgan fingerprint density at radius 3 is 2.32 bits per heavy atom. The summed E-state index contributed by atoms with van der Waals surface area (Å²) in [5.74, 6) is -0.350. The van der Waals surface area contributed by atoms with E-state index in [1.807, 2.05) is 60.7 Å². The maximum atomic E-state index is 11.7. The lowest BCUT2D eigenvalue weighted by molar-refractivity contribution is -0.118. The van der Waals surface area contributed by atoms with E-state index in [0.29, 0.717) is 6.42 Å². The summed E-state index contributed by atoms with van der Waals surface area (Å²) in [5, 5.41) is 5.55. The number of hydrogen-bond acceptors (Lipinski definition) is 2. The van der Waals surface area contributed by atoms with E-state index in [9.17, 15) is 4.79 Å². The molecule has 3 nitrogen and oxygen atoms in total. The Balaban J connectivity index is 1.81. The van der Waals surface area contributed by atoms with Crippen LogP contribution in [-0.4, -0.2) is 11.9 Å². The second-order valence-corrected chi connectivity index (χ2v) is 5.35. The number of primary amides is 1. The molecule has 0 aliphatic heterocycles. The molecule has 0 radical (unpaired) electrons. The number of amides is 1. The zero-order chi connectivity index (χ0) is 15.4. The summed E-state index contributed by atoms with van der Waals surface area (Å²) in [7, 11) is 0. The number of nitrogens with two attached hydrogens (primary N) is 1. The molecule has 3 N–H and O–H groups in total. The van der Waals surface area contributed by atoms with Crippen LogP contribution in [0, 0.1) is 0 Å². The van der Waals surface area contributed by atoms with Crippen LogP contribution in [-0.2, 0) is 11.2 Å². The largest absolute Gasteiger partial charge is 0.373 e. The van der Waals surface area contributed by atoms with Crippen molar-refractivity contribution in [3.05, 3.63) is 78.4 Å². The Labute approximate surface area is 129 Å². The highest BCUT2D eigenvalue weighted by Gasteiger charge is 2.15. The number of benzene rings is 3. The fraction of sp³-hybridized carbons (Fsp3) is 0.105. The average molecular weight is 290 g/mol. The first-order chi connectivity index (χ1) is 10.7. The van der Waals surface area contributed by atoms with Crippen LogP contribution in [0.15, 0.2) is 72.8 Å². The number of anilines is 1. The highest BCUT2D eigenvalue weighted by Crippen LogP contribution is 2.20. The molecule has 0 aliphatic rings. The zero-order valence-corrected chi connectivity index (χ0v) is 12.2. The fourth-order valence-corrected chi connectivity index (χ4v) is 2.55. The number of rotatable bonds is 5. The van der Waals surface area contributed by atoms with Crippen molar-refractivity contribution in [2.75, 3.05) is 5.32 Å². The first-order valence-corrected chi connectivity index (χ1v) is 7.31. The molecule has 3 aromatic carbocycles. The second-order valence-electron chi connectivity index (χ2n) is 5.35. The monoisotopic (exact) mass is 290 g/mol. The van der Waals surface area contributed by atoms with E-state index in [2.05, 4.69) is 17.4 Å². The quantitative estimate of drug-likeness (QED) is 0.757. The minimum Gasteiger partial charge on any atom is -0.373 e. The van der Waals surface area contributed by atoms with Crippen molar-refractivity contribution < 1.29 is 4.79 Å². The third-order valence-electron chi connectivity index (χ3n) is 3.72. The predicted octanol–water partition coefficient (Wildman–Crippen LogP) is 3.35. The molecule has 0 aromatic heterocycles. The van der Waals surface area contributed by atoms with Crippen LogP contribution < -0.4 is 11.1 Å². The van der Waals surface area contributed by atoms with Gasteiger partial charge in [-0.25, -0.2) is 0 Å². The van der Waals surface area contributed by atoms with Gasteiger partial charge in [0.1, 0.15) is 6.04 Å². The SMILES string of the molecule is NC(=O)[C@H](Cc1ccccc1)Nc1ccc2ccccc2c1. The van der Waals surface area contributed by atoms with Gasteiger partial charge < -0.3 is 11.1 Å². The Morgan fingerprint density at radius 1 is 0.909 bits per heavy atom. The predicted molar refractivity (Wildman–Crippen MR) is 90.7 cm³/mol. The molecule has 0 heterocycles. The molecule has 110 valence electrons. The van der Waals surface area contributed by atoms with Gasteiger partial charge >= 0.3 is 0 Å². The first kappa shape index (κ1) is 14.1. The summed E-state index contributed by atoms with van der Waals surface area (Å²) >= 11 is 0. The lowest BCUT2D eigenvalue weighted by atomic mass is 10.0. The molecule has 1 atom stereocenters. The summed E-state index contributed by atoms with van der Waals surface area (Å²) in [6.45, 7) is 0. The van der Waals surface area contributed by atoms with E-state index >= 15 is 0 Å². The van der Waals surface area contributed by atoms with Gasteiger partial charge in [0.2, 0.25) is 5.91 Å². The summed E-state index contributed by atoms with van der Waals surface area (Å²) < 4.78 is 0. The molecule has 1 amide bonds. The molecule has 3 heteroatoms. The van der Waals surface area contributed by atoms with Gasteiger partial charge in [-0.15, -0.1) is 0 Å². The van der Waals surface area contributed by atoms with Crippen LogP contribution >= 0.6 is 0 Å². The van der Waals surface area contributed by atoms with E-state index in [1.54, 1.807) is 0 Å². The molecule has 0 saturated heterocycles. The minimum atomic E-state index is -0.427. The smallest absolute Gasteiger partial charge is 0.240 e. The van der Waals surface area contributed by atoms with Crippen LogP contribution in [0.2, 0.25) is 0 Å². The summed E-state index contributed by atoms with van der Waals surface area (Å²) in [6.07, 6.45) is 0.572. The van der Waals surface area contributed by atoms with Gasteiger partial charge in [0.25, 0.3) is 0 Å². The second kappa shape index (κ2) is 6.31. The lowest BCUT2D eigenvalue weighted by Gasteiger charge is -2.17. The molecule has 3 aromatic rings. The zero-order valence-electron chi connectivity index (χ0n) is 12.2. The topological polar surface area (TPSA) is 55.1 Å². The van der Waals surface area contributed by atoms with E-state index in [-0.39, 0.29) is 5.91 Å². The molecular formula is C19H18N2O. The molecule has 0 bridgehead atoms. The maximum Gasteiger partial charge on any atom is 0.240 e. The molecule has 0 aliphatic carbocycles. The molecule has 0 spiro atoms. The first-order valence-electron chi connectivity index (χ1n) is 7.31. The van der Waals surface area contributed by atoms with Crippen molar-refractivity contribution in [3.8, 4) is 0 Å². The molecular weight excluding hydrogens is 272 g/mol. The highest BCUT2D eigenvalue weighted by molar-refractivity contribution is 5.88. The van der Waals surface area contributed by atoms with Gasteiger partial charge in [0.05, 0.1) is 0 Å². The van der Waals surface area contributed by atoms with Crippen molar-refractivity contribution in [1.82, 2.24) is 0 Å². The average Bonchev–Trinajstić information content (AvgIpc) is 2.55. The van der Waals surface area contributed by atoms with Gasteiger partial charge in [0, 0.05) is 12.1 Å². The van der Waals surface area contributed by atoms with Crippen molar-refractivity contribution in [2.45, 2.75) is 12.5 Å². The molecule has 0 unspecified atom stereocenters. The summed E-state index contributed by atoms with van der Waals surface area (Å²) in [4.78, 5) is 11.7. The van der Waals surface area contributed by atoms with Gasteiger partial charge in [-0.2, -0.15) is 0 Å². The number of carbonyl (C=O) groups excluding carboxylic acids is 1. The summed E-state index contributed by atoms with van der Waals surface area (Å²) in [5.41, 5.74) is 7.53. The summed E-state index contributed by atoms with van der Waals surface area (Å²) in [6, 6.07) is 23.6. The van der Waals surface area contributed by atoms with E-state index in [0.717, 1.165) is 16.6 Å². The maximum absolute atomic E-state index is 11.7. The van der Waals surface area contributed by atoms with Gasteiger partial charge in [0.15, 0.2) is 0 Å². The molecule has 22 heavy (non-hydrogen) atoms. The minimum absolute atomic E-state index is 0.350. The van der Waals surface area contributed by atoms with E-state index < -0.39 is 6.04 Å². The lowest BCUT2D eigenvalue weighted by Crippen LogP contribution is -2.37. The van der Waals surface area contributed by atoms with Crippen LogP contribution in [0.1, 0.15) is 5.56 Å². The Kier molecular flexibility index (Phi) is 4.05. The van der Waals surface area contributed by atoms with Crippen molar-refractivity contribution >= 4 is 22.4 Å². The van der Waals surface area contributed by atoms with Crippen molar-refractivity contribution in [2.24, 2.45) is 5.73 Å². The third-order valence-corrected chi connectivity index (χ3v) is 3.72. The van der Waals surface area contributed by atoms with Gasteiger partial charge in [-0.1, -0.05) is 60.7 Å². The van der Waals surface area contributed by atoms with Gasteiger partial charge in [-0.05, 0) is 28.5 Å². The van der Waals surface area contributed by atoms with Crippen LogP contribution in [0.5, 0.6) is 0 Å². The number of carbonyl (C=O) groups is 1. The highest BCUT2D eigenvalue weighted by atomic mass is 16.1. The molecule has 0 saturated carbocycles. The van der Waals surface area contributed by atoms with Crippen LogP contribution in [0.25, 0.3) is 10.8 Å². The van der Waals surface area contributed by atoms with E-state index in [1.165, 1.54) is 5.39 Å². The number of fused-ring (bicyclic) bond motifs is 1. The Hall–Kier alpha value is -2.81. The Bertz CT molecular complexity index is 784. The van der Waals surface area contributed by atoms with Crippen molar-refractivity contribution in [3.63, 3.8) is 0 Å². The molecule has 3 rings (SSSR count). The molecule has 0 fully saturated rings. The number of nitrogens with one attached hydrogen (secondary N) is 1. The normalized spacial score (nSPS) is 12.0. The fourth-order valence-electron chi connectivity index (χ4n) is 2.55. The van der Waals surface area contributed by atoms with Crippen LogP contribution in [0.3, 0.4) is 0 Å². The standard InChI is InChI=1S/C19H18N2O/c20-19(22)18(12-14-6-2-1-3-7-14)21-17-11-10-15-8-4-5-9-16(15)13-17/h1-11,13,18,21H,12H2,(H2,20,22)/t18-/m0/s1. The Morgan fingerprint density at radius 2 is 1.59 bits per heavy atom. The van der Waals surface area contributed by atoms with Gasteiger partial charge in [-0.3, -0.25) is 4.79 Å². The van der Waals surface area contributed by atoms with Crippen molar-refractivity contribution in [1.29, 1.82) is 0 Å². The van der Waals surface area contributed by atoms with Crippen LogP contribution in [0.4, 0.5) is 5.69 Å². The third kappa shape index (κ3) is 3.26. The van der Waals surface area contributed by atoms with E-state index in [4.69, 9.17) is 5.73 Å².